The molecule has 0 aliphatic carbocycles. The first-order valence-corrected chi connectivity index (χ1v) is 5.76. The number of ether oxygens (including phenoxy) is 1. The Morgan fingerprint density at radius 1 is 1.23 bits per heavy atom. The zero-order valence-electron chi connectivity index (χ0n) is 7.92. The molecule has 0 bridgehead atoms. The van der Waals surface area contributed by atoms with E-state index in [9.17, 15) is 0 Å². The van der Waals surface area contributed by atoms with Gasteiger partial charge in [-0.25, -0.2) is 0 Å². The molecular weight excluding hydrogens is 228 g/mol. The van der Waals surface area contributed by atoms with Gasteiger partial charge in [-0.05, 0) is 24.1 Å². The summed E-state index contributed by atoms with van der Waals surface area (Å²) in [6.45, 7) is 2.99. The van der Waals surface area contributed by atoms with Gasteiger partial charge < -0.3 is 4.74 Å². The largest absolute Gasteiger partial charge is 0.494 e. The molecule has 0 amide bonds. The topological polar surface area (TPSA) is 9.23 Å². The molecular formula is C11H15BrO. The summed E-state index contributed by atoms with van der Waals surface area (Å²) in [4.78, 5) is 0. The van der Waals surface area contributed by atoms with Crippen molar-refractivity contribution in [3.8, 4) is 5.75 Å². The second-order valence-electron chi connectivity index (χ2n) is 2.98. The SMILES string of the molecule is CCCCOc1ccc(CBr)cc1. The molecule has 1 nitrogen and oxygen atoms in total. The smallest absolute Gasteiger partial charge is 0.119 e. The molecule has 0 saturated heterocycles. The zero-order valence-corrected chi connectivity index (χ0v) is 9.51. The Morgan fingerprint density at radius 2 is 1.92 bits per heavy atom. The van der Waals surface area contributed by atoms with Gasteiger partial charge in [-0.1, -0.05) is 41.4 Å². The first-order valence-electron chi connectivity index (χ1n) is 4.64. The normalized spacial score (nSPS) is 10.0. The lowest BCUT2D eigenvalue weighted by Gasteiger charge is -2.05. The van der Waals surface area contributed by atoms with Gasteiger partial charge in [0.05, 0.1) is 6.61 Å². The number of unbranched alkanes of at least 4 members (excludes halogenated alkanes) is 1. The van der Waals surface area contributed by atoms with Crippen molar-refractivity contribution in [1.82, 2.24) is 0 Å². The van der Waals surface area contributed by atoms with E-state index in [2.05, 4.69) is 35.0 Å². The fraction of sp³-hybridized carbons (Fsp3) is 0.455. The summed E-state index contributed by atoms with van der Waals surface area (Å²) < 4.78 is 5.53. The van der Waals surface area contributed by atoms with Gasteiger partial charge in [0, 0.05) is 5.33 Å². The number of hydrogen-bond donors (Lipinski definition) is 0. The van der Waals surface area contributed by atoms with E-state index in [1.165, 1.54) is 12.0 Å². The quantitative estimate of drug-likeness (QED) is 0.565. The standard InChI is InChI=1S/C11H15BrO/c1-2-3-8-13-11-6-4-10(9-12)5-7-11/h4-7H,2-3,8-9H2,1H3. The molecule has 0 spiro atoms. The first kappa shape index (κ1) is 10.6. The van der Waals surface area contributed by atoms with Crippen molar-refractivity contribution in [2.75, 3.05) is 6.61 Å². The van der Waals surface area contributed by atoms with Crippen LogP contribution in [0.3, 0.4) is 0 Å². The number of hydrogen-bond acceptors (Lipinski definition) is 1. The first-order chi connectivity index (χ1) is 6.36. The highest BCUT2D eigenvalue weighted by Gasteiger charge is 1.93. The highest BCUT2D eigenvalue weighted by molar-refractivity contribution is 9.08. The average molecular weight is 243 g/mol. The molecule has 72 valence electrons. The maximum Gasteiger partial charge on any atom is 0.119 e. The second-order valence-corrected chi connectivity index (χ2v) is 3.54. The zero-order chi connectivity index (χ0) is 9.52. The molecule has 13 heavy (non-hydrogen) atoms. The monoisotopic (exact) mass is 242 g/mol. The highest BCUT2D eigenvalue weighted by atomic mass is 79.9. The summed E-state index contributed by atoms with van der Waals surface area (Å²) >= 11 is 3.41. The fourth-order valence-corrected chi connectivity index (χ4v) is 1.38. The van der Waals surface area contributed by atoms with Crippen molar-refractivity contribution >= 4 is 15.9 Å². The van der Waals surface area contributed by atoms with Crippen molar-refractivity contribution in [2.45, 2.75) is 25.1 Å². The second kappa shape index (κ2) is 6.03. The Kier molecular flexibility index (Phi) is 4.91. The third-order valence-corrected chi connectivity index (χ3v) is 2.49. The maximum atomic E-state index is 5.53. The van der Waals surface area contributed by atoms with Crippen LogP contribution < -0.4 is 4.74 Å². The number of benzene rings is 1. The molecule has 0 unspecified atom stereocenters. The van der Waals surface area contributed by atoms with Crippen molar-refractivity contribution < 1.29 is 4.74 Å². The predicted molar refractivity (Wildman–Crippen MR) is 59.5 cm³/mol. The van der Waals surface area contributed by atoms with E-state index >= 15 is 0 Å². The van der Waals surface area contributed by atoms with Crippen molar-refractivity contribution in [2.24, 2.45) is 0 Å². The molecule has 0 radical (unpaired) electrons. The van der Waals surface area contributed by atoms with Crippen LogP contribution in [0.15, 0.2) is 24.3 Å². The van der Waals surface area contributed by atoms with Gasteiger partial charge >= 0.3 is 0 Å². The van der Waals surface area contributed by atoms with E-state index < -0.39 is 0 Å². The number of rotatable bonds is 5. The molecule has 1 rings (SSSR count). The van der Waals surface area contributed by atoms with Crippen molar-refractivity contribution in [3.63, 3.8) is 0 Å². The molecule has 0 saturated carbocycles. The Labute approximate surface area is 88.2 Å². The molecule has 2 heteroatoms. The summed E-state index contributed by atoms with van der Waals surface area (Å²) in [6.07, 6.45) is 2.31. The molecule has 1 aromatic rings. The van der Waals surface area contributed by atoms with Crippen LogP contribution >= 0.6 is 15.9 Å². The third kappa shape index (κ3) is 3.81. The molecule has 0 atom stereocenters. The minimum absolute atomic E-state index is 0.824. The van der Waals surface area contributed by atoms with Crippen molar-refractivity contribution in [1.29, 1.82) is 0 Å². The maximum absolute atomic E-state index is 5.53. The van der Waals surface area contributed by atoms with Crippen LogP contribution in [-0.4, -0.2) is 6.61 Å². The van der Waals surface area contributed by atoms with E-state index in [0.29, 0.717) is 0 Å². The van der Waals surface area contributed by atoms with Crippen LogP contribution in [0, 0.1) is 0 Å². The summed E-state index contributed by atoms with van der Waals surface area (Å²) in [7, 11) is 0. The van der Waals surface area contributed by atoms with Crippen LogP contribution in [0.5, 0.6) is 5.75 Å². The predicted octanol–water partition coefficient (Wildman–Crippen LogP) is 3.76. The van der Waals surface area contributed by atoms with Gasteiger partial charge in [0.1, 0.15) is 5.75 Å². The lowest BCUT2D eigenvalue weighted by Crippen LogP contribution is -1.95. The summed E-state index contributed by atoms with van der Waals surface area (Å²) in [5.74, 6) is 0.971. The van der Waals surface area contributed by atoms with Gasteiger partial charge in [0.25, 0.3) is 0 Å². The Hall–Kier alpha value is -0.500. The van der Waals surface area contributed by atoms with Crippen LogP contribution in [-0.2, 0) is 5.33 Å². The van der Waals surface area contributed by atoms with Gasteiger partial charge in [-0.2, -0.15) is 0 Å². The van der Waals surface area contributed by atoms with Crippen LogP contribution in [0.1, 0.15) is 25.3 Å². The lowest BCUT2D eigenvalue weighted by atomic mass is 10.2. The Morgan fingerprint density at radius 3 is 2.46 bits per heavy atom. The number of halogens is 1. The fourth-order valence-electron chi connectivity index (χ4n) is 1.01. The minimum atomic E-state index is 0.824. The van der Waals surface area contributed by atoms with E-state index in [4.69, 9.17) is 4.74 Å². The lowest BCUT2D eigenvalue weighted by molar-refractivity contribution is 0.309. The van der Waals surface area contributed by atoms with E-state index in [0.717, 1.165) is 24.1 Å². The van der Waals surface area contributed by atoms with Gasteiger partial charge in [-0.3, -0.25) is 0 Å². The van der Waals surface area contributed by atoms with E-state index in [1.807, 2.05) is 12.1 Å². The molecule has 0 fully saturated rings. The highest BCUT2D eigenvalue weighted by Crippen LogP contribution is 2.14. The molecule has 0 aromatic heterocycles. The van der Waals surface area contributed by atoms with Crippen LogP contribution in [0.2, 0.25) is 0 Å². The average Bonchev–Trinajstić information content (AvgIpc) is 2.19. The van der Waals surface area contributed by atoms with Gasteiger partial charge in [0.2, 0.25) is 0 Å². The molecule has 0 heterocycles. The van der Waals surface area contributed by atoms with E-state index in [-0.39, 0.29) is 0 Å². The van der Waals surface area contributed by atoms with E-state index in [1.54, 1.807) is 0 Å². The molecule has 0 N–H and O–H groups in total. The summed E-state index contributed by atoms with van der Waals surface area (Å²) in [5.41, 5.74) is 1.28. The van der Waals surface area contributed by atoms with Gasteiger partial charge in [-0.15, -0.1) is 0 Å². The third-order valence-electron chi connectivity index (χ3n) is 1.84. The minimum Gasteiger partial charge on any atom is -0.494 e. The van der Waals surface area contributed by atoms with Gasteiger partial charge in [0.15, 0.2) is 0 Å². The summed E-state index contributed by atoms with van der Waals surface area (Å²) in [5, 5.41) is 0.905. The van der Waals surface area contributed by atoms with Crippen LogP contribution in [0.25, 0.3) is 0 Å². The number of alkyl halides is 1. The molecule has 0 aliphatic rings. The Balaban J connectivity index is 2.40. The van der Waals surface area contributed by atoms with Crippen LogP contribution in [0.4, 0.5) is 0 Å². The molecule has 1 aromatic carbocycles. The van der Waals surface area contributed by atoms with Crippen molar-refractivity contribution in [3.05, 3.63) is 29.8 Å². The summed E-state index contributed by atoms with van der Waals surface area (Å²) in [6, 6.07) is 8.20. The Bertz CT molecular complexity index is 230. The molecule has 0 aliphatic heterocycles.